The summed E-state index contributed by atoms with van der Waals surface area (Å²) in [5.41, 5.74) is 7.24. The van der Waals surface area contributed by atoms with Crippen LogP contribution in [0.4, 0.5) is 4.79 Å². The molecule has 216 valence electrons. The zero-order chi connectivity index (χ0) is 28.3. The van der Waals surface area contributed by atoms with Crippen LogP contribution in [-0.4, -0.2) is 41.1 Å². The predicted octanol–water partition coefficient (Wildman–Crippen LogP) is 2.76. The van der Waals surface area contributed by atoms with Crippen molar-refractivity contribution in [2.24, 2.45) is 15.9 Å². The molecule has 1 N–H and O–H groups in total. The Hall–Kier alpha value is -4.59. The molecule has 4 aromatic rings. The lowest BCUT2D eigenvalue weighted by atomic mass is 9.92. The van der Waals surface area contributed by atoms with Gasteiger partial charge in [0.25, 0.3) is 0 Å². The Morgan fingerprint density at radius 3 is 2.44 bits per heavy atom. The van der Waals surface area contributed by atoms with Gasteiger partial charge >= 0.3 is 6.09 Å². The van der Waals surface area contributed by atoms with Gasteiger partial charge in [0, 0.05) is 24.0 Å². The Balaban J connectivity index is 0.00000329. The number of piperidine rings is 1. The van der Waals surface area contributed by atoms with E-state index in [-0.39, 0.29) is 18.5 Å². The number of quaternary nitrogens is 1. The first-order chi connectivity index (χ1) is 20.7. The van der Waals surface area contributed by atoms with Crippen LogP contribution in [-0.2, 0) is 11.3 Å². The summed E-state index contributed by atoms with van der Waals surface area (Å²) < 4.78 is 5.56. The van der Waals surface area contributed by atoms with Crippen LogP contribution in [0.5, 0.6) is 0 Å². The second kappa shape index (κ2) is 12.7. The van der Waals surface area contributed by atoms with Gasteiger partial charge in [0.2, 0.25) is 5.84 Å². The summed E-state index contributed by atoms with van der Waals surface area (Å²) >= 11 is 0. The molecule has 0 bridgehead atoms. The van der Waals surface area contributed by atoms with Crippen LogP contribution < -0.4 is 17.3 Å². The van der Waals surface area contributed by atoms with Crippen molar-refractivity contribution in [1.29, 1.82) is 0 Å². The maximum absolute atomic E-state index is 12.6. The summed E-state index contributed by atoms with van der Waals surface area (Å²) in [5.74, 6) is 1.42. The first kappa shape index (κ1) is 28.5. The predicted molar refractivity (Wildman–Crippen MR) is 165 cm³/mol. The average molecular weight is 590 g/mol. The number of halogens is 1. The maximum Gasteiger partial charge on any atom is 0.410 e. The number of nitrogens with one attached hydrogen (secondary N) is 1. The number of aromatic nitrogens is 1. The molecule has 1 unspecified atom stereocenters. The molecule has 4 heterocycles. The Morgan fingerprint density at radius 1 is 0.907 bits per heavy atom. The van der Waals surface area contributed by atoms with Gasteiger partial charge in [0.05, 0.1) is 29.2 Å². The van der Waals surface area contributed by atoms with Crippen LogP contribution in [0, 0.1) is 5.92 Å². The summed E-state index contributed by atoms with van der Waals surface area (Å²) in [4.78, 5) is 30.2. The van der Waals surface area contributed by atoms with E-state index in [2.05, 4.69) is 53.7 Å². The lowest BCUT2D eigenvalue weighted by Crippen LogP contribution is -3.08. The number of likely N-dealkylation sites (tertiary alicyclic amines) is 1. The number of hydrogen-bond donors (Lipinski definition) is 1. The molecule has 8 heteroatoms. The van der Waals surface area contributed by atoms with Crippen molar-refractivity contribution in [2.75, 3.05) is 13.1 Å². The van der Waals surface area contributed by atoms with Gasteiger partial charge in [-0.25, -0.2) is 14.7 Å². The van der Waals surface area contributed by atoms with Gasteiger partial charge in [-0.05, 0) is 48.9 Å². The van der Waals surface area contributed by atoms with Crippen molar-refractivity contribution in [2.45, 2.75) is 25.9 Å². The number of carbonyl (C=O) groups excluding carboxylic acids is 1. The topological polar surface area (TPSA) is 71.6 Å². The van der Waals surface area contributed by atoms with E-state index in [0.717, 1.165) is 74.7 Å². The van der Waals surface area contributed by atoms with E-state index in [1.54, 1.807) is 0 Å². The number of ether oxygens (including phenoxy) is 1. The van der Waals surface area contributed by atoms with Crippen molar-refractivity contribution < 1.29 is 26.8 Å². The SMILES string of the molecule is O=C(OCc1ccccc1)N1CCC(CC2=C3C=NC=C[NH+]3C(c3ccc4ccc(-c5ccccc5)nc4c3)=N2)CC1.[Cl-]. The van der Waals surface area contributed by atoms with E-state index in [1.165, 1.54) is 0 Å². The molecule has 3 aliphatic rings. The number of benzene rings is 3. The van der Waals surface area contributed by atoms with Crippen molar-refractivity contribution >= 4 is 29.0 Å². The van der Waals surface area contributed by atoms with Crippen LogP contribution in [0.1, 0.15) is 30.4 Å². The second-order valence-electron chi connectivity index (χ2n) is 11.0. The molecule has 0 spiro atoms. The average Bonchev–Trinajstić information content (AvgIpc) is 3.42. The number of pyridine rings is 1. The smallest absolute Gasteiger partial charge is 0.410 e. The molecule has 0 aliphatic carbocycles. The molecular formula is C35H32ClN5O2. The van der Waals surface area contributed by atoms with Gasteiger partial charge in [-0.1, -0.05) is 72.8 Å². The lowest BCUT2D eigenvalue weighted by Gasteiger charge is -2.31. The van der Waals surface area contributed by atoms with Gasteiger partial charge in [0.1, 0.15) is 18.5 Å². The quantitative estimate of drug-likeness (QED) is 0.376. The zero-order valence-corrected chi connectivity index (χ0v) is 24.5. The number of nitrogens with zero attached hydrogens (tertiary/aromatic N) is 4. The standard InChI is InChI=1S/C35H31N5O2.ClH/c41-35(42-24-26-7-3-1-4-8-26)39-18-15-25(16-19-39)21-32-33-23-36-17-20-40(33)34(38-32)29-12-11-28-13-14-30(37-31(28)22-29)27-9-5-2-6-10-27;/h1-14,17,20,22-23,25H,15-16,18-19,21,24H2;1H. The molecule has 7 rings (SSSR count). The second-order valence-corrected chi connectivity index (χ2v) is 11.0. The van der Waals surface area contributed by atoms with Gasteiger partial charge < -0.3 is 22.0 Å². The molecular weight excluding hydrogens is 558 g/mol. The maximum atomic E-state index is 12.6. The van der Waals surface area contributed by atoms with Gasteiger partial charge in [-0.15, -0.1) is 0 Å². The van der Waals surface area contributed by atoms with E-state index in [4.69, 9.17) is 14.7 Å². The molecule has 0 saturated carbocycles. The first-order valence-electron chi connectivity index (χ1n) is 14.5. The third kappa shape index (κ3) is 6.14. The van der Waals surface area contributed by atoms with Crippen molar-refractivity contribution in [3.05, 3.63) is 126 Å². The van der Waals surface area contributed by atoms with Crippen LogP contribution in [0.25, 0.3) is 22.2 Å². The minimum absolute atomic E-state index is 0. The van der Waals surface area contributed by atoms with Gasteiger partial charge in [-0.2, -0.15) is 4.99 Å². The molecule has 43 heavy (non-hydrogen) atoms. The number of hydrogen-bond acceptors (Lipinski definition) is 5. The number of rotatable bonds is 6. The third-order valence-corrected chi connectivity index (χ3v) is 8.23. The number of amides is 1. The van der Waals surface area contributed by atoms with Crippen LogP contribution in [0.3, 0.4) is 0 Å². The normalized spacial score (nSPS) is 17.9. The summed E-state index contributed by atoms with van der Waals surface area (Å²) in [6.45, 7) is 1.70. The minimum Gasteiger partial charge on any atom is -1.00 e. The molecule has 0 radical (unpaired) electrons. The molecule has 1 aromatic heterocycles. The van der Waals surface area contributed by atoms with E-state index in [0.29, 0.717) is 25.6 Å². The van der Waals surface area contributed by atoms with E-state index in [1.807, 2.05) is 65.8 Å². The largest absolute Gasteiger partial charge is 1.00 e. The monoisotopic (exact) mass is 589 g/mol. The fourth-order valence-corrected chi connectivity index (χ4v) is 5.90. The zero-order valence-electron chi connectivity index (χ0n) is 23.7. The number of amidine groups is 1. The highest BCUT2D eigenvalue weighted by molar-refractivity contribution is 6.01. The van der Waals surface area contributed by atoms with Gasteiger partial charge in [-0.3, -0.25) is 4.99 Å². The number of allylic oxidation sites excluding steroid dienone is 2. The lowest BCUT2D eigenvalue weighted by molar-refractivity contribution is -0.689. The molecule has 1 atom stereocenters. The molecule has 7 nitrogen and oxygen atoms in total. The van der Waals surface area contributed by atoms with E-state index >= 15 is 0 Å². The third-order valence-electron chi connectivity index (χ3n) is 8.23. The summed E-state index contributed by atoms with van der Waals surface area (Å²) in [6.07, 6.45) is 8.30. The van der Waals surface area contributed by atoms with E-state index in [9.17, 15) is 4.79 Å². The van der Waals surface area contributed by atoms with Crippen molar-refractivity contribution in [3.63, 3.8) is 0 Å². The Bertz CT molecular complexity index is 1740. The van der Waals surface area contributed by atoms with E-state index < -0.39 is 0 Å². The summed E-state index contributed by atoms with van der Waals surface area (Å²) in [6, 6.07) is 30.7. The van der Waals surface area contributed by atoms with Crippen LogP contribution in [0.2, 0.25) is 0 Å². The van der Waals surface area contributed by atoms with Crippen LogP contribution in [0.15, 0.2) is 125 Å². The highest BCUT2D eigenvalue weighted by Gasteiger charge is 2.35. The Morgan fingerprint density at radius 2 is 1.65 bits per heavy atom. The van der Waals surface area contributed by atoms with Gasteiger partial charge in [0.15, 0.2) is 5.70 Å². The van der Waals surface area contributed by atoms with Crippen molar-refractivity contribution in [1.82, 2.24) is 9.88 Å². The van der Waals surface area contributed by atoms with Crippen LogP contribution >= 0.6 is 0 Å². The molecule has 3 aliphatic heterocycles. The first-order valence-corrected chi connectivity index (χ1v) is 14.5. The van der Waals surface area contributed by atoms with Crippen molar-refractivity contribution in [3.8, 4) is 11.3 Å². The number of fused-ring (bicyclic) bond motifs is 2. The summed E-state index contributed by atoms with van der Waals surface area (Å²) in [7, 11) is 0. The number of carbonyl (C=O) groups is 1. The highest BCUT2D eigenvalue weighted by Crippen LogP contribution is 2.28. The molecule has 1 fully saturated rings. The molecule has 1 amide bonds. The highest BCUT2D eigenvalue weighted by atomic mass is 35.5. The Kier molecular flexibility index (Phi) is 8.45. The fourth-order valence-electron chi connectivity index (χ4n) is 5.90. The molecule has 3 aromatic carbocycles. The fraction of sp³-hybridized carbons (Fsp3) is 0.200. The number of aliphatic imine (C=N–C) groups is 2. The molecule has 1 saturated heterocycles. The minimum atomic E-state index is -0.235. The summed E-state index contributed by atoms with van der Waals surface area (Å²) in [5, 5.41) is 1.10. The Labute approximate surface area is 257 Å².